The quantitative estimate of drug-likeness (QED) is 0.372. The summed E-state index contributed by atoms with van der Waals surface area (Å²) in [6, 6.07) is 17.6. The normalized spacial score (nSPS) is 11.4. The maximum Gasteiger partial charge on any atom is 0.249 e. The summed E-state index contributed by atoms with van der Waals surface area (Å²) < 4.78 is 2.20. The zero-order valence-electron chi connectivity index (χ0n) is 16.2. The van der Waals surface area contributed by atoms with Gasteiger partial charge in [0.05, 0.1) is 5.52 Å². The zero-order valence-corrected chi connectivity index (χ0v) is 17.7. The third-order valence-electron chi connectivity index (χ3n) is 5.38. The number of aryl methyl sites for hydroxylation is 1. The first kappa shape index (κ1) is 19.8. The number of carbonyl (C=O) groups excluding carboxylic acids is 1. The molecule has 1 amide bonds. The Balaban J connectivity index is 1.99. The van der Waals surface area contributed by atoms with E-state index in [9.17, 15) is 4.79 Å². The lowest BCUT2D eigenvalue weighted by molar-refractivity contribution is 0.100. The number of nitrogens with zero attached hydrogens (tertiary/aromatic N) is 1. The van der Waals surface area contributed by atoms with E-state index in [1.807, 2.05) is 24.3 Å². The van der Waals surface area contributed by atoms with E-state index in [0.29, 0.717) is 22.2 Å². The molecule has 0 aliphatic heterocycles. The monoisotopic (exact) mass is 424 g/mol. The van der Waals surface area contributed by atoms with Gasteiger partial charge in [-0.15, -0.1) is 0 Å². The van der Waals surface area contributed by atoms with Crippen molar-refractivity contribution in [3.05, 3.63) is 81.3 Å². The maximum absolute atomic E-state index is 12.1. The Bertz CT molecular complexity index is 1230. The summed E-state index contributed by atoms with van der Waals surface area (Å²) in [5.74, 6) is -0.425. The van der Waals surface area contributed by atoms with E-state index in [1.165, 1.54) is 5.56 Å². The number of unbranched alkanes of at least 4 members (excludes halogenated alkanes) is 1. The molecule has 4 rings (SSSR count). The van der Waals surface area contributed by atoms with Gasteiger partial charge in [-0.3, -0.25) is 4.79 Å². The van der Waals surface area contributed by atoms with Crippen molar-refractivity contribution in [3.8, 4) is 0 Å². The van der Waals surface area contributed by atoms with Crippen molar-refractivity contribution in [2.24, 2.45) is 5.73 Å². The SMILES string of the molecule is CCCCc1ccc2c3c(C(N)=O)cccc3n(Cc3cc(Cl)ccc3Cl)c2c1. The molecule has 2 N–H and O–H groups in total. The maximum atomic E-state index is 12.1. The van der Waals surface area contributed by atoms with Gasteiger partial charge in [-0.1, -0.05) is 54.7 Å². The number of rotatable bonds is 6. The zero-order chi connectivity index (χ0) is 20.5. The van der Waals surface area contributed by atoms with E-state index >= 15 is 0 Å². The minimum atomic E-state index is -0.425. The summed E-state index contributed by atoms with van der Waals surface area (Å²) in [6.07, 6.45) is 3.30. The highest BCUT2D eigenvalue weighted by molar-refractivity contribution is 6.33. The number of aromatic nitrogens is 1. The standard InChI is InChI=1S/C24H22Cl2N2O/c1-2-3-5-15-8-10-18-22(12-15)28(14-16-13-17(25)9-11-20(16)26)21-7-4-6-19(23(18)21)24(27)29/h4,6-13H,2-3,5,14H2,1H3,(H2,27,29). The molecule has 0 aliphatic carbocycles. The van der Waals surface area contributed by atoms with E-state index in [2.05, 4.69) is 29.7 Å². The van der Waals surface area contributed by atoms with Crippen LogP contribution in [0.5, 0.6) is 0 Å². The van der Waals surface area contributed by atoms with Crippen LogP contribution in [0.1, 0.15) is 41.3 Å². The molecule has 0 bridgehead atoms. The van der Waals surface area contributed by atoms with Gasteiger partial charge in [-0.2, -0.15) is 0 Å². The van der Waals surface area contributed by atoms with E-state index < -0.39 is 5.91 Å². The van der Waals surface area contributed by atoms with Crippen LogP contribution in [0, 0.1) is 0 Å². The number of hydrogen-bond donors (Lipinski definition) is 1. The molecule has 148 valence electrons. The predicted octanol–water partition coefficient (Wildman–Crippen LogP) is 6.59. The van der Waals surface area contributed by atoms with Gasteiger partial charge < -0.3 is 10.3 Å². The predicted molar refractivity (Wildman–Crippen MR) is 122 cm³/mol. The van der Waals surface area contributed by atoms with Crippen LogP contribution in [-0.2, 0) is 13.0 Å². The first-order chi connectivity index (χ1) is 14.0. The summed E-state index contributed by atoms with van der Waals surface area (Å²) in [5.41, 5.74) is 10.5. The van der Waals surface area contributed by atoms with Crippen LogP contribution >= 0.6 is 23.2 Å². The molecule has 4 aromatic rings. The molecule has 0 aliphatic rings. The smallest absolute Gasteiger partial charge is 0.249 e. The van der Waals surface area contributed by atoms with Gasteiger partial charge in [0.1, 0.15) is 0 Å². The molecule has 0 spiro atoms. The molecule has 0 radical (unpaired) electrons. The van der Waals surface area contributed by atoms with Gasteiger partial charge in [-0.05, 0) is 60.4 Å². The Labute approximate surface area is 180 Å². The molecular formula is C24H22Cl2N2O. The average Bonchev–Trinajstić information content (AvgIpc) is 3.02. The Morgan fingerprint density at radius 1 is 1.03 bits per heavy atom. The second-order valence-corrected chi connectivity index (χ2v) is 8.18. The number of benzene rings is 3. The molecular weight excluding hydrogens is 403 g/mol. The van der Waals surface area contributed by atoms with Gasteiger partial charge in [0.25, 0.3) is 0 Å². The fraction of sp³-hybridized carbons (Fsp3) is 0.208. The van der Waals surface area contributed by atoms with Crippen molar-refractivity contribution in [1.82, 2.24) is 4.57 Å². The summed E-state index contributed by atoms with van der Waals surface area (Å²) >= 11 is 12.7. The number of nitrogens with two attached hydrogens (primary N) is 1. The van der Waals surface area contributed by atoms with Gasteiger partial charge in [0, 0.05) is 38.4 Å². The van der Waals surface area contributed by atoms with Crippen molar-refractivity contribution >= 4 is 50.9 Å². The van der Waals surface area contributed by atoms with Crippen LogP contribution in [0.15, 0.2) is 54.6 Å². The highest BCUT2D eigenvalue weighted by Gasteiger charge is 2.17. The van der Waals surface area contributed by atoms with Crippen molar-refractivity contribution in [3.63, 3.8) is 0 Å². The van der Waals surface area contributed by atoms with Crippen LogP contribution in [-0.4, -0.2) is 10.5 Å². The minimum Gasteiger partial charge on any atom is -0.366 e. The third-order valence-corrected chi connectivity index (χ3v) is 5.98. The highest BCUT2D eigenvalue weighted by Crippen LogP contribution is 2.34. The van der Waals surface area contributed by atoms with Gasteiger partial charge in [-0.25, -0.2) is 0 Å². The molecule has 0 unspecified atom stereocenters. The average molecular weight is 425 g/mol. The minimum absolute atomic E-state index is 0.425. The largest absolute Gasteiger partial charge is 0.366 e. The lowest BCUT2D eigenvalue weighted by Crippen LogP contribution is -2.11. The fourth-order valence-corrected chi connectivity index (χ4v) is 4.31. The number of halogens is 2. The highest BCUT2D eigenvalue weighted by atomic mass is 35.5. The first-order valence-electron chi connectivity index (χ1n) is 9.77. The summed E-state index contributed by atoms with van der Waals surface area (Å²) in [7, 11) is 0. The van der Waals surface area contributed by atoms with Crippen LogP contribution in [0.2, 0.25) is 10.0 Å². The van der Waals surface area contributed by atoms with Crippen molar-refractivity contribution in [2.75, 3.05) is 0 Å². The Kier molecular flexibility index (Phi) is 5.53. The summed E-state index contributed by atoms with van der Waals surface area (Å²) in [5, 5.41) is 3.22. The molecule has 1 aromatic heterocycles. The second-order valence-electron chi connectivity index (χ2n) is 7.34. The number of fused-ring (bicyclic) bond motifs is 3. The number of hydrogen-bond acceptors (Lipinski definition) is 1. The lowest BCUT2D eigenvalue weighted by atomic mass is 10.0. The molecule has 3 aromatic carbocycles. The van der Waals surface area contributed by atoms with Gasteiger partial charge in [0.15, 0.2) is 0 Å². The molecule has 0 fully saturated rings. The number of primary amides is 1. The van der Waals surface area contributed by atoms with E-state index in [4.69, 9.17) is 28.9 Å². The van der Waals surface area contributed by atoms with Crippen LogP contribution in [0.4, 0.5) is 0 Å². The Morgan fingerprint density at radius 2 is 1.86 bits per heavy atom. The fourth-order valence-electron chi connectivity index (χ4n) is 3.94. The van der Waals surface area contributed by atoms with Gasteiger partial charge in [0.2, 0.25) is 5.91 Å². The molecule has 0 saturated heterocycles. The van der Waals surface area contributed by atoms with Crippen LogP contribution in [0.3, 0.4) is 0 Å². The van der Waals surface area contributed by atoms with Crippen molar-refractivity contribution in [1.29, 1.82) is 0 Å². The van der Waals surface area contributed by atoms with Gasteiger partial charge >= 0.3 is 0 Å². The topological polar surface area (TPSA) is 48.0 Å². The third kappa shape index (κ3) is 3.73. The van der Waals surface area contributed by atoms with Crippen LogP contribution in [0.25, 0.3) is 21.8 Å². The molecule has 0 atom stereocenters. The number of carbonyl (C=O) groups is 1. The van der Waals surface area contributed by atoms with E-state index in [-0.39, 0.29) is 0 Å². The van der Waals surface area contributed by atoms with E-state index in [1.54, 1.807) is 12.1 Å². The van der Waals surface area contributed by atoms with Crippen LogP contribution < -0.4 is 5.73 Å². The molecule has 5 heteroatoms. The lowest BCUT2D eigenvalue weighted by Gasteiger charge is -2.11. The Hall–Kier alpha value is -2.49. The van der Waals surface area contributed by atoms with E-state index in [0.717, 1.165) is 46.6 Å². The molecule has 0 saturated carbocycles. The summed E-state index contributed by atoms with van der Waals surface area (Å²) in [6.45, 7) is 2.74. The second kappa shape index (κ2) is 8.10. The first-order valence-corrected chi connectivity index (χ1v) is 10.5. The molecule has 29 heavy (non-hydrogen) atoms. The van der Waals surface area contributed by atoms with Crippen molar-refractivity contribution < 1.29 is 4.79 Å². The summed E-state index contributed by atoms with van der Waals surface area (Å²) in [4.78, 5) is 12.1. The molecule has 3 nitrogen and oxygen atoms in total. The Morgan fingerprint density at radius 3 is 2.62 bits per heavy atom. The van der Waals surface area contributed by atoms with Crippen molar-refractivity contribution in [2.45, 2.75) is 32.7 Å². The molecule has 1 heterocycles. The number of amides is 1.